The Hall–Kier alpha value is -5.30. The van der Waals surface area contributed by atoms with Crippen molar-refractivity contribution in [3.8, 4) is 11.3 Å². The number of carboxylic acid groups (broad SMARTS) is 1. The molecule has 49 heavy (non-hydrogen) atoms. The molecule has 1 saturated heterocycles. The Morgan fingerprint density at radius 2 is 1.55 bits per heavy atom. The molecule has 4 heterocycles. The van der Waals surface area contributed by atoms with Crippen molar-refractivity contribution >= 4 is 41.3 Å². The van der Waals surface area contributed by atoms with Gasteiger partial charge in [0.1, 0.15) is 12.8 Å². The number of nitrogens with zero attached hydrogens (tertiary/aromatic N) is 4. The molecule has 0 saturated carbocycles. The first-order valence-corrected chi connectivity index (χ1v) is 16.0. The zero-order valence-corrected chi connectivity index (χ0v) is 26.2. The molecule has 3 aromatic heterocycles. The maximum atomic E-state index is 13.5. The molecule has 2 aromatic carbocycles. The number of carboxylic acids is 1. The Morgan fingerprint density at radius 3 is 2.10 bits per heavy atom. The van der Waals surface area contributed by atoms with Crippen molar-refractivity contribution in [1.82, 2.24) is 29.1 Å². The molecule has 0 radical (unpaired) electrons. The summed E-state index contributed by atoms with van der Waals surface area (Å²) in [5, 5.41) is 8.96. The number of nitrogens with one attached hydrogen (secondary N) is 3. The third kappa shape index (κ3) is 7.56. The number of hydrogen-bond donors (Lipinski definition) is 6. The van der Waals surface area contributed by atoms with Crippen LogP contribution in [0.25, 0.3) is 33.3 Å². The van der Waals surface area contributed by atoms with Crippen molar-refractivity contribution in [3.63, 3.8) is 0 Å². The SMILES string of the molecule is Cc1cc2[nH]c(=O)c(=O)n(CC(=O)O)c2cc1-c1cnc[nH]1.O=c1[nH]c2cc(C(F)(F)F)c(N3CCOCC3)cc2n(CP(=O)(O)O)c1=O. The lowest BCUT2D eigenvalue weighted by Gasteiger charge is -2.31. The molecule has 0 bridgehead atoms. The number of benzene rings is 2. The Labute approximate surface area is 270 Å². The first-order valence-electron chi connectivity index (χ1n) is 14.2. The molecule has 0 aliphatic carbocycles. The van der Waals surface area contributed by atoms with Crippen LogP contribution < -0.4 is 27.1 Å². The molecule has 1 aliphatic rings. The van der Waals surface area contributed by atoms with Crippen LogP contribution in [-0.2, 0) is 33.1 Å². The Balaban J connectivity index is 0.000000195. The zero-order valence-electron chi connectivity index (χ0n) is 25.3. The highest BCUT2D eigenvalue weighted by Crippen LogP contribution is 2.40. The van der Waals surface area contributed by atoms with Gasteiger partial charge in [-0.05, 0) is 36.8 Å². The molecule has 0 unspecified atom stereocenters. The first-order chi connectivity index (χ1) is 22.9. The van der Waals surface area contributed by atoms with Crippen LogP contribution in [-0.4, -0.2) is 76.2 Å². The summed E-state index contributed by atoms with van der Waals surface area (Å²) < 4.78 is 58.5. The van der Waals surface area contributed by atoms with Gasteiger partial charge >= 0.3 is 42.0 Å². The van der Waals surface area contributed by atoms with Gasteiger partial charge in [-0.25, -0.2) is 4.98 Å². The van der Waals surface area contributed by atoms with E-state index in [0.29, 0.717) is 21.7 Å². The Kier molecular flexibility index (Phi) is 9.51. The summed E-state index contributed by atoms with van der Waals surface area (Å²) in [6.45, 7) is 2.01. The van der Waals surface area contributed by atoms with Crippen LogP contribution in [0.2, 0.25) is 0 Å². The number of morpholine rings is 1. The summed E-state index contributed by atoms with van der Waals surface area (Å²) in [7, 11) is -4.78. The van der Waals surface area contributed by atoms with E-state index < -0.39 is 60.4 Å². The molecular weight excluding hydrogens is 682 g/mol. The highest BCUT2D eigenvalue weighted by molar-refractivity contribution is 7.50. The highest BCUT2D eigenvalue weighted by atomic mass is 31.2. The van der Waals surface area contributed by atoms with Crippen LogP contribution in [0.1, 0.15) is 11.1 Å². The number of imidazole rings is 1. The van der Waals surface area contributed by atoms with E-state index in [-0.39, 0.29) is 43.0 Å². The monoisotopic (exact) mass is 709 g/mol. The van der Waals surface area contributed by atoms with Crippen molar-refractivity contribution in [2.75, 3.05) is 31.2 Å². The lowest BCUT2D eigenvalue weighted by molar-refractivity contribution is -0.138. The quantitative estimate of drug-likeness (QED) is 0.107. The molecule has 6 N–H and O–H groups in total. The molecule has 260 valence electrons. The van der Waals surface area contributed by atoms with Gasteiger partial charge in [0.25, 0.3) is 0 Å². The molecule has 1 fully saturated rings. The van der Waals surface area contributed by atoms with Crippen molar-refractivity contribution in [2.24, 2.45) is 0 Å². The summed E-state index contributed by atoms with van der Waals surface area (Å²) in [6.07, 6.45) is -2.72. The van der Waals surface area contributed by atoms with Gasteiger partial charge in [0, 0.05) is 18.7 Å². The normalized spacial score (nSPS) is 13.8. The standard InChI is InChI=1S/C14H15F3N3O6P.C14H12N4O4/c15-14(16,17)8-5-9-11(6-10(8)19-1-3-26-4-2-19)20(7-27(23,24)25)13(22)12(21)18-9;1-7-2-9-11(3-8(7)10-4-15-6-16-10)18(5-12(19)20)14(22)13(21)17-9/h5-6H,1-4,7H2,(H,18,21)(H2,23,24,25);2-4,6H,5H2,1H3,(H,15,16)(H,17,21)(H,19,20). The predicted molar refractivity (Wildman–Crippen MR) is 168 cm³/mol. The van der Waals surface area contributed by atoms with Crippen LogP contribution in [0.5, 0.6) is 0 Å². The molecule has 0 spiro atoms. The smallest absolute Gasteiger partial charge is 0.418 e. The number of rotatable bonds is 6. The van der Waals surface area contributed by atoms with E-state index in [1.165, 1.54) is 11.2 Å². The number of H-pyrrole nitrogens is 3. The predicted octanol–water partition coefficient (Wildman–Crippen LogP) is 1.15. The maximum absolute atomic E-state index is 13.5. The molecule has 0 amide bonds. The second kappa shape index (κ2) is 13.3. The number of hydrogen-bond acceptors (Lipinski definition) is 9. The number of ether oxygens (including phenoxy) is 1. The van der Waals surface area contributed by atoms with Gasteiger partial charge in [-0.3, -0.25) is 37.7 Å². The van der Waals surface area contributed by atoms with Crippen LogP contribution in [0.15, 0.2) is 56.0 Å². The van der Waals surface area contributed by atoms with Gasteiger partial charge in [0.2, 0.25) is 0 Å². The fourth-order valence-electron chi connectivity index (χ4n) is 5.34. The van der Waals surface area contributed by atoms with E-state index in [0.717, 1.165) is 27.5 Å². The number of anilines is 1. The van der Waals surface area contributed by atoms with E-state index in [2.05, 4.69) is 15.0 Å². The molecule has 5 aromatic rings. The summed E-state index contributed by atoms with van der Waals surface area (Å²) in [5.74, 6) is -1.20. The van der Waals surface area contributed by atoms with E-state index in [4.69, 9.17) is 9.84 Å². The van der Waals surface area contributed by atoms with Gasteiger partial charge in [-0.2, -0.15) is 13.2 Å². The molecule has 1 aliphatic heterocycles. The molecule has 6 rings (SSSR count). The number of halogens is 3. The number of alkyl halides is 3. The lowest BCUT2D eigenvalue weighted by atomic mass is 10.0. The third-order valence-corrected chi connectivity index (χ3v) is 8.13. The summed E-state index contributed by atoms with van der Waals surface area (Å²) in [6, 6.07) is 5.04. The minimum Gasteiger partial charge on any atom is -0.480 e. The number of carbonyl (C=O) groups is 1. The van der Waals surface area contributed by atoms with E-state index in [1.807, 2.05) is 11.9 Å². The van der Waals surface area contributed by atoms with Crippen LogP contribution in [0, 0.1) is 6.92 Å². The zero-order chi connectivity index (χ0) is 35.8. The lowest BCUT2D eigenvalue weighted by Crippen LogP contribution is -2.38. The molecular formula is C28H27F3N7O10P. The average Bonchev–Trinajstić information content (AvgIpc) is 3.55. The summed E-state index contributed by atoms with van der Waals surface area (Å²) in [4.78, 5) is 89.5. The van der Waals surface area contributed by atoms with Crippen LogP contribution in [0.4, 0.5) is 18.9 Å². The number of aliphatic carboxylic acids is 1. The van der Waals surface area contributed by atoms with Crippen molar-refractivity contribution in [2.45, 2.75) is 25.9 Å². The van der Waals surface area contributed by atoms with Crippen molar-refractivity contribution in [1.29, 1.82) is 0 Å². The summed E-state index contributed by atoms with van der Waals surface area (Å²) >= 11 is 0. The highest BCUT2D eigenvalue weighted by Gasteiger charge is 2.36. The maximum Gasteiger partial charge on any atom is 0.418 e. The van der Waals surface area contributed by atoms with Crippen LogP contribution >= 0.6 is 7.60 Å². The second-order valence-corrected chi connectivity index (χ2v) is 12.5. The van der Waals surface area contributed by atoms with Gasteiger partial charge in [-0.15, -0.1) is 0 Å². The molecule has 21 heteroatoms. The Morgan fingerprint density at radius 1 is 0.959 bits per heavy atom. The largest absolute Gasteiger partial charge is 0.480 e. The molecule has 0 atom stereocenters. The fraction of sp³-hybridized carbons (Fsp3) is 0.286. The number of aryl methyl sites for hydroxylation is 1. The van der Waals surface area contributed by atoms with Crippen molar-refractivity contribution < 1.29 is 42.2 Å². The van der Waals surface area contributed by atoms with Gasteiger partial charge in [0.05, 0.1) is 64.7 Å². The number of aromatic nitrogens is 6. The Bertz CT molecular complexity index is 2350. The fourth-order valence-corrected chi connectivity index (χ4v) is 5.99. The number of fused-ring (bicyclic) bond motifs is 2. The van der Waals surface area contributed by atoms with E-state index in [9.17, 15) is 51.5 Å². The topological polar surface area (TPSA) is 246 Å². The van der Waals surface area contributed by atoms with Gasteiger partial charge < -0.3 is 39.5 Å². The average molecular weight is 710 g/mol. The third-order valence-electron chi connectivity index (χ3n) is 7.48. The van der Waals surface area contributed by atoms with E-state index in [1.54, 1.807) is 18.3 Å². The van der Waals surface area contributed by atoms with E-state index >= 15 is 0 Å². The molecule has 17 nitrogen and oxygen atoms in total. The minimum atomic E-state index is -4.78. The summed E-state index contributed by atoms with van der Waals surface area (Å²) in [5.41, 5.74) is -3.01. The van der Waals surface area contributed by atoms with Crippen molar-refractivity contribution in [3.05, 3.63) is 89.3 Å². The minimum absolute atomic E-state index is 0.167. The van der Waals surface area contributed by atoms with Gasteiger partial charge in [0.15, 0.2) is 0 Å². The first kappa shape index (κ1) is 35.0. The van der Waals surface area contributed by atoms with Gasteiger partial charge in [-0.1, -0.05) is 0 Å². The second-order valence-electron chi connectivity index (χ2n) is 10.9. The van der Waals surface area contributed by atoms with Crippen LogP contribution in [0.3, 0.4) is 0 Å². The number of aromatic amines is 3.